The summed E-state index contributed by atoms with van der Waals surface area (Å²) in [5.74, 6) is 0.903. The van der Waals surface area contributed by atoms with E-state index in [1.165, 1.54) is 24.8 Å². The molecule has 0 radical (unpaired) electrons. The summed E-state index contributed by atoms with van der Waals surface area (Å²) < 4.78 is 0. The quantitative estimate of drug-likeness (QED) is 0.570. The summed E-state index contributed by atoms with van der Waals surface area (Å²) in [6, 6.07) is 0. The third-order valence-corrected chi connectivity index (χ3v) is 2.30. The van der Waals surface area contributed by atoms with Gasteiger partial charge in [-0.2, -0.15) is 0 Å². The molecule has 1 aliphatic rings. The molecule has 1 atom stereocenters. The van der Waals surface area contributed by atoms with Crippen molar-refractivity contribution in [3.05, 3.63) is 0 Å². The average Bonchev–Trinajstić information content (AvgIpc) is 2.14. The Kier molecular flexibility index (Phi) is 2.13. The molecule has 42 valence electrons. The minimum Gasteiger partial charge on any atom is -0.316 e. The van der Waals surface area contributed by atoms with Gasteiger partial charge in [0.25, 0.3) is 0 Å². The second-order valence-electron chi connectivity index (χ2n) is 2.01. The van der Waals surface area contributed by atoms with Crippen LogP contribution in [0, 0.1) is 5.92 Å². The highest BCUT2D eigenvalue weighted by atomic mass is 79.9. The van der Waals surface area contributed by atoms with Gasteiger partial charge in [-0.05, 0) is 25.4 Å². The van der Waals surface area contributed by atoms with Crippen molar-refractivity contribution >= 4 is 15.9 Å². The van der Waals surface area contributed by atoms with E-state index in [1.54, 1.807) is 0 Å². The van der Waals surface area contributed by atoms with Gasteiger partial charge in [-0.15, -0.1) is 0 Å². The first-order valence-corrected chi connectivity index (χ1v) is 3.82. The van der Waals surface area contributed by atoms with E-state index in [0.717, 1.165) is 5.92 Å². The molecule has 1 rings (SSSR count). The highest BCUT2D eigenvalue weighted by Crippen LogP contribution is 2.08. The Balaban J connectivity index is 2.14. The van der Waals surface area contributed by atoms with Crippen LogP contribution in [-0.4, -0.2) is 18.4 Å². The van der Waals surface area contributed by atoms with Crippen molar-refractivity contribution in [2.24, 2.45) is 5.92 Å². The van der Waals surface area contributed by atoms with Crippen molar-refractivity contribution in [3.8, 4) is 0 Å². The average molecular weight is 164 g/mol. The third-order valence-electron chi connectivity index (χ3n) is 1.38. The van der Waals surface area contributed by atoms with Crippen LogP contribution >= 0.6 is 15.9 Å². The first kappa shape index (κ1) is 5.57. The van der Waals surface area contributed by atoms with E-state index in [9.17, 15) is 0 Å². The monoisotopic (exact) mass is 163 g/mol. The van der Waals surface area contributed by atoms with Gasteiger partial charge in [-0.3, -0.25) is 0 Å². The molecule has 0 aliphatic carbocycles. The van der Waals surface area contributed by atoms with E-state index >= 15 is 0 Å². The molecule has 0 spiro atoms. The van der Waals surface area contributed by atoms with E-state index in [1.807, 2.05) is 0 Å². The van der Waals surface area contributed by atoms with Crippen LogP contribution in [0.5, 0.6) is 0 Å². The molecular formula is C5H10BrN. The van der Waals surface area contributed by atoms with Crippen molar-refractivity contribution in [3.63, 3.8) is 0 Å². The molecule has 0 amide bonds. The number of hydrogen-bond donors (Lipinski definition) is 1. The zero-order valence-electron chi connectivity index (χ0n) is 4.28. The van der Waals surface area contributed by atoms with Crippen molar-refractivity contribution in [2.45, 2.75) is 6.42 Å². The predicted molar refractivity (Wildman–Crippen MR) is 34.8 cm³/mol. The summed E-state index contributed by atoms with van der Waals surface area (Å²) in [4.78, 5) is 0. The highest BCUT2D eigenvalue weighted by Gasteiger charge is 2.11. The number of nitrogens with one attached hydrogen (secondary N) is 1. The summed E-state index contributed by atoms with van der Waals surface area (Å²) in [5, 5.41) is 4.46. The second kappa shape index (κ2) is 2.68. The largest absolute Gasteiger partial charge is 0.316 e. The molecule has 0 unspecified atom stereocenters. The van der Waals surface area contributed by atoms with Gasteiger partial charge in [-0.1, -0.05) is 15.9 Å². The summed E-state index contributed by atoms with van der Waals surface area (Å²) in [6.07, 6.45) is 1.35. The third kappa shape index (κ3) is 1.42. The maximum Gasteiger partial charge on any atom is 0.00722 e. The molecule has 2 heteroatoms. The van der Waals surface area contributed by atoms with Crippen molar-refractivity contribution in [2.75, 3.05) is 18.4 Å². The number of hydrogen-bond acceptors (Lipinski definition) is 1. The van der Waals surface area contributed by atoms with Gasteiger partial charge >= 0.3 is 0 Å². The van der Waals surface area contributed by atoms with Gasteiger partial charge in [-0.25, -0.2) is 0 Å². The van der Waals surface area contributed by atoms with Gasteiger partial charge in [0.15, 0.2) is 0 Å². The molecule has 1 heterocycles. The number of rotatable bonds is 1. The SMILES string of the molecule is BrC[C@H]1CCNC1. The van der Waals surface area contributed by atoms with Crippen LogP contribution < -0.4 is 5.32 Å². The van der Waals surface area contributed by atoms with Crippen LogP contribution in [0.1, 0.15) is 6.42 Å². The molecule has 0 bridgehead atoms. The van der Waals surface area contributed by atoms with Crippen LogP contribution in [0.25, 0.3) is 0 Å². The van der Waals surface area contributed by atoms with Gasteiger partial charge in [0.05, 0.1) is 0 Å². The molecule has 0 saturated carbocycles. The Hall–Kier alpha value is 0.440. The summed E-state index contributed by atoms with van der Waals surface area (Å²) in [6.45, 7) is 2.43. The summed E-state index contributed by atoms with van der Waals surface area (Å²) in [7, 11) is 0. The van der Waals surface area contributed by atoms with Gasteiger partial charge in [0, 0.05) is 5.33 Å². The summed E-state index contributed by atoms with van der Waals surface area (Å²) >= 11 is 3.44. The van der Waals surface area contributed by atoms with Gasteiger partial charge in [0.1, 0.15) is 0 Å². The molecular weight excluding hydrogens is 154 g/mol. The minimum atomic E-state index is 0.903. The standard InChI is InChI=1S/C5H10BrN/c6-3-5-1-2-7-4-5/h5,7H,1-4H2/t5-/m1/s1. The lowest BCUT2D eigenvalue weighted by Crippen LogP contribution is -2.09. The maximum absolute atomic E-state index is 3.44. The molecule has 1 aliphatic heterocycles. The van der Waals surface area contributed by atoms with Crippen molar-refractivity contribution < 1.29 is 0 Å². The minimum absolute atomic E-state index is 0.903. The molecule has 0 aromatic carbocycles. The Morgan fingerprint density at radius 3 is 2.86 bits per heavy atom. The molecule has 1 saturated heterocycles. The Morgan fingerprint density at radius 2 is 2.57 bits per heavy atom. The zero-order valence-corrected chi connectivity index (χ0v) is 5.87. The molecule has 7 heavy (non-hydrogen) atoms. The molecule has 0 aromatic heterocycles. The fourth-order valence-corrected chi connectivity index (χ4v) is 1.40. The van der Waals surface area contributed by atoms with Gasteiger partial charge in [0.2, 0.25) is 0 Å². The van der Waals surface area contributed by atoms with Crippen LogP contribution in [0.4, 0.5) is 0 Å². The number of halogens is 1. The summed E-state index contributed by atoms with van der Waals surface area (Å²) in [5.41, 5.74) is 0. The predicted octanol–water partition coefficient (Wildman–Crippen LogP) is 0.991. The lowest BCUT2D eigenvalue weighted by atomic mass is 10.2. The molecule has 1 fully saturated rings. The zero-order chi connectivity index (χ0) is 5.11. The Bertz CT molecular complexity index is 50.0. The normalized spacial score (nSPS) is 31.3. The molecule has 1 nitrogen and oxygen atoms in total. The van der Waals surface area contributed by atoms with Crippen LogP contribution in [0.15, 0.2) is 0 Å². The first-order valence-electron chi connectivity index (χ1n) is 2.70. The highest BCUT2D eigenvalue weighted by molar-refractivity contribution is 9.09. The van der Waals surface area contributed by atoms with Gasteiger partial charge < -0.3 is 5.32 Å². The van der Waals surface area contributed by atoms with E-state index in [-0.39, 0.29) is 0 Å². The van der Waals surface area contributed by atoms with E-state index in [4.69, 9.17) is 0 Å². The molecule has 0 aromatic rings. The van der Waals surface area contributed by atoms with E-state index in [2.05, 4.69) is 21.2 Å². The van der Waals surface area contributed by atoms with E-state index < -0.39 is 0 Å². The van der Waals surface area contributed by atoms with Crippen LogP contribution in [0.3, 0.4) is 0 Å². The van der Waals surface area contributed by atoms with Crippen molar-refractivity contribution in [1.29, 1.82) is 0 Å². The lowest BCUT2D eigenvalue weighted by molar-refractivity contribution is 0.667. The molecule has 1 N–H and O–H groups in total. The van der Waals surface area contributed by atoms with Crippen LogP contribution in [0.2, 0.25) is 0 Å². The fraction of sp³-hybridized carbons (Fsp3) is 1.00. The van der Waals surface area contributed by atoms with Crippen LogP contribution in [-0.2, 0) is 0 Å². The number of alkyl halides is 1. The fourth-order valence-electron chi connectivity index (χ4n) is 0.846. The Labute approximate surface area is 52.6 Å². The lowest BCUT2D eigenvalue weighted by Gasteiger charge is -1.97. The van der Waals surface area contributed by atoms with E-state index in [0.29, 0.717) is 0 Å². The Morgan fingerprint density at radius 1 is 1.71 bits per heavy atom. The first-order chi connectivity index (χ1) is 3.43. The smallest absolute Gasteiger partial charge is 0.00722 e. The second-order valence-corrected chi connectivity index (χ2v) is 2.66. The topological polar surface area (TPSA) is 12.0 Å². The maximum atomic E-state index is 3.44. The van der Waals surface area contributed by atoms with Crippen molar-refractivity contribution in [1.82, 2.24) is 5.32 Å².